The normalized spacial score (nSPS) is 12.3. The molecule has 0 fully saturated rings. The molecule has 91 heavy (non-hydrogen) atoms. The third-order valence-electron chi connectivity index (χ3n) is 12.3. The monoisotopic (exact) mass is 1380 g/mol. The van der Waals surface area contributed by atoms with Gasteiger partial charge in [0, 0.05) is 48.0 Å². The Morgan fingerprint density at radius 1 is 0.516 bits per heavy atom. The predicted molar refractivity (Wildman–Crippen MR) is 340 cm³/mol. The molecule has 0 aliphatic heterocycles. The van der Waals surface area contributed by atoms with Crippen LogP contribution in [-0.4, -0.2) is 238 Å². The molecule has 0 aliphatic carbocycles. The summed E-state index contributed by atoms with van der Waals surface area (Å²) < 4.78 is 105. The number of nitrogens with one attached hydrogen (secondary N) is 2. The molecule has 0 rings (SSSR count). The number of rotatable bonds is 43. The van der Waals surface area contributed by atoms with E-state index in [0.29, 0.717) is 25.0 Å². The van der Waals surface area contributed by atoms with E-state index in [1.807, 2.05) is 6.92 Å². The van der Waals surface area contributed by atoms with E-state index in [9.17, 15) is 52.1 Å². The number of alkyl carbamates (subject to hydrolysis) is 1. The molecule has 0 bridgehead atoms. The van der Waals surface area contributed by atoms with Crippen molar-refractivity contribution in [2.75, 3.05) is 146 Å². The predicted octanol–water partition coefficient (Wildman–Crippen LogP) is 6.28. The van der Waals surface area contributed by atoms with Crippen molar-refractivity contribution in [2.24, 2.45) is 21.7 Å². The maximum absolute atomic E-state index is 12.6. The van der Waals surface area contributed by atoms with E-state index in [4.69, 9.17) is 80.3 Å². The number of Topliss-reactive ketones (excluding diaryl/α,β-unsaturated/α-hetero) is 2. The molecular weight excluding hydrogens is 1280 g/mol. The molecule has 0 aromatic carbocycles. The molecule has 0 heterocycles. The van der Waals surface area contributed by atoms with Crippen LogP contribution in [0.3, 0.4) is 0 Å². The molecule has 35 heteroatoms. The van der Waals surface area contributed by atoms with Gasteiger partial charge in [0.05, 0.1) is 112 Å². The van der Waals surface area contributed by atoms with Gasteiger partial charge in [-0.15, -0.1) is 0 Å². The van der Waals surface area contributed by atoms with Crippen LogP contribution in [0.4, 0.5) is 4.79 Å². The zero-order valence-electron chi connectivity index (χ0n) is 55.3. The maximum atomic E-state index is 12.6. The van der Waals surface area contributed by atoms with E-state index in [-0.39, 0.29) is 156 Å². The van der Waals surface area contributed by atoms with Crippen LogP contribution in [0.25, 0.3) is 0 Å². The van der Waals surface area contributed by atoms with Crippen molar-refractivity contribution in [1.29, 1.82) is 4.35 Å². The third-order valence-corrected chi connectivity index (χ3v) is 16.7. The average Bonchev–Trinajstić information content (AvgIpc) is 0.984. The fourth-order valence-electron chi connectivity index (χ4n) is 6.95. The van der Waals surface area contributed by atoms with Gasteiger partial charge in [-0.25, -0.2) is 19.2 Å². The van der Waals surface area contributed by atoms with Gasteiger partial charge in [0.2, 0.25) is 0 Å². The number of ketones is 2. The summed E-state index contributed by atoms with van der Waals surface area (Å²) in [5.41, 5.74) is -3.12. The molecule has 30 nitrogen and oxygen atoms in total. The van der Waals surface area contributed by atoms with Crippen molar-refractivity contribution in [3.63, 3.8) is 0 Å². The Labute approximate surface area is 548 Å². The second-order valence-corrected chi connectivity index (χ2v) is 27.0. The molecule has 0 spiro atoms. The first-order chi connectivity index (χ1) is 41.2. The third kappa shape index (κ3) is 47.4. The zero-order valence-corrected chi connectivity index (χ0v) is 59.1. The number of aliphatic hydroxyl groups is 2. The van der Waals surface area contributed by atoms with E-state index in [1.54, 1.807) is 64.6 Å². The summed E-state index contributed by atoms with van der Waals surface area (Å²) in [7, 11) is -5.22. The van der Waals surface area contributed by atoms with Crippen LogP contribution in [0, 0.1) is 26.0 Å². The number of hydrogen-bond acceptors (Lipinski definition) is 27. The quantitative estimate of drug-likeness (QED) is 0.00977. The van der Waals surface area contributed by atoms with Gasteiger partial charge in [0.25, 0.3) is 0 Å². The Morgan fingerprint density at radius 2 is 0.868 bits per heavy atom. The van der Waals surface area contributed by atoms with Crippen LogP contribution < -0.4 is 5.32 Å². The number of esters is 5. The first-order valence-corrected chi connectivity index (χ1v) is 33.6. The summed E-state index contributed by atoms with van der Waals surface area (Å²) in [4.78, 5) is 112. The van der Waals surface area contributed by atoms with Crippen LogP contribution in [-0.2, 0) is 108 Å². The van der Waals surface area contributed by atoms with Gasteiger partial charge in [-0.1, -0.05) is 41.0 Å². The summed E-state index contributed by atoms with van der Waals surface area (Å²) in [6.07, 6.45) is 0.0953. The Bertz CT molecular complexity index is 2320. The summed E-state index contributed by atoms with van der Waals surface area (Å²) in [5.74, 6) is -2.91. The molecule has 0 saturated carbocycles. The van der Waals surface area contributed by atoms with Gasteiger partial charge in [0.15, 0.2) is 0 Å². The minimum atomic E-state index is -4.22. The Hall–Kier alpha value is -4.17. The molecule has 0 aliphatic rings. The van der Waals surface area contributed by atoms with Gasteiger partial charge in [-0.3, -0.25) is 32.9 Å². The molecule has 1 amide bonds. The molecule has 528 valence electrons. The summed E-state index contributed by atoms with van der Waals surface area (Å²) >= 11 is 1.67. The standard InChI is InChI=1S/C22H38NO11P.C17H33O8P.C10H19O6P.C6H10O3.CH4.Al.B.HN/c1-7-22(17(4)24,15-31-12-13-35(28,29)30)14-21(5,6)19(26)33-10-11-34-20(27)23-8-9-32-18(25)16(2)3;1-7-17(14(2)19,12-16(3,4)15(20)25-9-8-18)13-24-10-11-26(21,22-5)23-6;1-5-16-10(11)9(2)8-15-6-7-17(12,13-3)14-4;1-5(2)6(8)9-4-3-7;;;;/h2,7-15H2,1,3-6H3,(H,23,27)(H2,28,29,30);18H,7-13H2,1-6H3;2,5-8H2,1,3-4H3;7H,1,3-4H2,2H3;1H4;;;1H. The number of ether oxygens (including phenoxy) is 9. The van der Waals surface area contributed by atoms with E-state index >= 15 is 0 Å². The Kier molecular flexibility index (Phi) is 59.7. The van der Waals surface area contributed by atoms with Crippen LogP contribution in [0.15, 0.2) is 36.5 Å². The van der Waals surface area contributed by atoms with Gasteiger partial charge in [-0.05, 0) is 88.0 Å². The summed E-state index contributed by atoms with van der Waals surface area (Å²) in [6.45, 7) is 27.6. The molecule has 2 atom stereocenters. The van der Waals surface area contributed by atoms with Gasteiger partial charge >= 0.3 is 79.2 Å². The fraction of sp³-hybridized carbons (Fsp3) is 0.750. The first-order valence-electron chi connectivity index (χ1n) is 27.7. The van der Waals surface area contributed by atoms with Crippen LogP contribution in [0.5, 0.6) is 0 Å². The fourth-order valence-corrected chi connectivity index (χ4v) is 9.05. The molecular formula is C56H105AlBN2O28P3. The van der Waals surface area contributed by atoms with Crippen molar-refractivity contribution in [3.8, 4) is 0 Å². The molecule has 0 aromatic rings. The summed E-state index contributed by atoms with van der Waals surface area (Å²) in [6, 6.07) is 0. The Morgan fingerprint density at radius 3 is 1.21 bits per heavy atom. The van der Waals surface area contributed by atoms with Crippen molar-refractivity contribution >= 4 is 94.8 Å². The van der Waals surface area contributed by atoms with Crippen molar-refractivity contribution < 1.29 is 133 Å². The second kappa shape index (κ2) is 54.1. The van der Waals surface area contributed by atoms with E-state index in [0.717, 1.165) is 0 Å². The van der Waals surface area contributed by atoms with Crippen LogP contribution in [0.2, 0.25) is 0 Å². The number of carbonyl (C=O) groups is 8. The number of carbonyl (C=O) groups excluding carboxylic acids is 8. The van der Waals surface area contributed by atoms with Crippen LogP contribution >= 0.6 is 22.8 Å². The van der Waals surface area contributed by atoms with E-state index in [1.165, 1.54) is 49.2 Å². The van der Waals surface area contributed by atoms with Crippen LogP contribution in [0.1, 0.15) is 109 Å². The molecule has 0 saturated heterocycles. The van der Waals surface area contributed by atoms with Crippen molar-refractivity contribution in [3.05, 3.63) is 36.5 Å². The van der Waals surface area contributed by atoms with E-state index in [2.05, 4.69) is 29.8 Å². The second-order valence-electron chi connectivity index (χ2n) is 20.4. The first kappa shape index (κ1) is 100. The van der Waals surface area contributed by atoms with Crippen molar-refractivity contribution in [2.45, 2.75) is 109 Å². The molecule has 0 aromatic heterocycles. The van der Waals surface area contributed by atoms with Gasteiger partial charge in [0.1, 0.15) is 44.6 Å². The average molecular weight is 1390 g/mol. The zero-order chi connectivity index (χ0) is 70.3. The van der Waals surface area contributed by atoms with Crippen molar-refractivity contribution in [1.82, 2.24) is 5.32 Å². The Balaban J connectivity index is -0.000000221. The molecule has 2 unspecified atom stereocenters. The van der Waals surface area contributed by atoms with E-state index < -0.39 is 86.5 Å². The number of aliphatic hydroxyl groups excluding tert-OH is 2. The summed E-state index contributed by atoms with van der Waals surface area (Å²) in [5, 5.41) is 19.4. The minimum absolute atomic E-state index is 0. The SMILES string of the molecule is C.C=C(C)C(=O)OCCNC(=O)OCCOC(=O)C(C)(C)CC(CC)(COCCP(=O)(O)O)C(C)=O.C=C(C)C(=O)OCCO.C=C(COCCP(=O)(OC)OC)C(=O)OCC.CCC(COCCP(=O)(OC)OC)(CC(C)(C)C(=O)OCCO)C(C)=O.[B].[NH]=[Al]. The number of amides is 1. The van der Waals surface area contributed by atoms with Gasteiger partial charge < -0.3 is 86.0 Å². The molecule has 6 N–H and O–H groups in total. The molecule has 4 radical (unpaired) electrons. The van der Waals surface area contributed by atoms with Gasteiger partial charge in [-0.2, -0.15) is 0 Å². The topological polar surface area (TPSA) is 425 Å². The number of hydrogen-bond donors (Lipinski definition) is 6.